The molecule has 1 fully saturated rings. The van der Waals surface area contributed by atoms with Crippen LogP contribution in [0.1, 0.15) is 32.1 Å². The highest BCUT2D eigenvalue weighted by Crippen LogP contribution is 2.20. The third kappa shape index (κ3) is 8.41. The van der Waals surface area contributed by atoms with Crippen LogP contribution in [0.4, 0.5) is 0 Å². The molecule has 0 aromatic rings. The van der Waals surface area contributed by atoms with E-state index in [9.17, 15) is 14.4 Å². The van der Waals surface area contributed by atoms with E-state index in [0.717, 1.165) is 44.3 Å². The molecule has 0 saturated heterocycles. The Kier molecular flexibility index (Phi) is 8.90. The van der Waals surface area contributed by atoms with Crippen LogP contribution in [0.3, 0.4) is 0 Å². The largest absolute Gasteiger partial charge is 0.461 e. The standard InChI is InChI=1S/C15H22O7/c1-19-9-10-20-15(18)11-21-13(16)7-8-14(17)22-12-5-3-2-4-6-12/h7-8,12H,2-6,9-11H2,1H3/b8-7+. The molecule has 22 heavy (non-hydrogen) atoms. The van der Waals surface area contributed by atoms with Crippen LogP contribution in [0.15, 0.2) is 12.2 Å². The third-order valence-electron chi connectivity index (χ3n) is 3.07. The van der Waals surface area contributed by atoms with Gasteiger partial charge in [0.25, 0.3) is 0 Å². The number of esters is 3. The maximum Gasteiger partial charge on any atom is 0.344 e. The van der Waals surface area contributed by atoms with Crippen molar-refractivity contribution >= 4 is 17.9 Å². The van der Waals surface area contributed by atoms with Gasteiger partial charge in [0.05, 0.1) is 6.61 Å². The Morgan fingerprint density at radius 2 is 1.64 bits per heavy atom. The van der Waals surface area contributed by atoms with E-state index in [-0.39, 0.29) is 19.3 Å². The van der Waals surface area contributed by atoms with Crippen molar-refractivity contribution in [2.75, 3.05) is 26.9 Å². The average molecular weight is 314 g/mol. The quantitative estimate of drug-likeness (QED) is 0.287. The first-order chi connectivity index (χ1) is 10.6. The Hall–Kier alpha value is -1.89. The van der Waals surface area contributed by atoms with Crippen molar-refractivity contribution in [2.24, 2.45) is 0 Å². The Morgan fingerprint density at radius 1 is 0.955 bits per heavy atom. The molecule has 0 aromatic heterocycles. The van der Waals surface area contributed by atoms with Gasteiger partial charge in [-0.15, -0.1) is 0 Å². The summed E-state index contributed by atoms with van der Waals surface area (Å²) in [5.41, 5.74) is 0. The monoisotopic (exact) mass is 314 g/mol. The maximum absolute atomic E-state index is 11.5. The molecule has 0 atom stereocenters. The van der Waals surface area contributed by atoms with Gasteiger partial charge in [-0.1, -0.05) is 6.42 Å². The fraction of sp³-hybridized carbons (Fsp3) is 0.667. The first-order valence-electron chi connectivity index (χ1n) is 7.32. The topological polar surface area (TPSA) is 88.1 Å². The third-order valence-corrected chi connectivity index (χ3v) is 3.07. The van der Waals surface area contributed by atoms with E-state index < -0.39 is 24.5 Å². The SMILES string of the molecule is COCCOC(=O)COC(=O)/C=C/C(=O)OC1CCCCC1. The first-order valence-corrected chi connectivity index (χ1v) is 7.32. The second-order valence-electron chi connectivity index (χ2n) is 4.85. The lowest BCUT2D eigenvalue weighted by Gasteiger charge is -2.20. The van der Waals surface area contributed by atoms with Crippen LogP contribution in [0.5, 0.6) is 0 Å². The molecule has 0 heterocycles. The van der Waals surface area contributed by atoms with E-state index in [0.29, 0.717) is 0 Å². The van der Waals surface area contributed by atoms with E-state index in [1.807, 2.05) is 0 Å². The van der Waals surface area contributed by atoms with Crippen molar-refractivity contribution < 1.29 is 33.3 Å². The Balaban J connectivity index is 2.17. The summed E-state index contributed by atoms with van der Waals surface area (Å²) in [6.07, 6.45) is 6.85. The number of hydrogen-bond donors (Lipinski definition) is 0. The summed E-state index contributed by atoms with van der Waals surface area (Å²) in [7, 11) is 1.48. The number of rotatable bonds is 8. The summed E-state index contributed by atoms with van der Waals surface area (Å²) in [4.78, 5) is 34.0. The molecule has 1 rings (SSSR count). The van der Waals surface area contributed by atoms with Crippen molar-refractivity contribution in [3.63, 3.8) is 0 Å². The molecule has 0 spiro atoms. The van der Waals surface area contributed by atoms with Crippen LogP contribution >= 0.6 is 0 Å². The zero-order chi connectivity index (χ0) is 16.2. The molecule has 124 valence electrons. The van der Waals surface area contributed by atoms with Gasteiger partial charge in [-0.25, -0.2) is 14.4 Å². The van der Waals surface area contributed by atoms with Crippen LogP contribution in [0.2, 0.25) is 0 Å². The van der Waals surface area contributed by atoms with E-state index in [4.69, 9.17) is 14.2 Å². The summed E-state index contributed by atoms with van der Waals surface area (Å²) in [6, 6.07) is 0. The number of carbonyl (C=O) groups is 3. The van der Waals surface area contributed by atoms with Gasteiger partial charge in [-0.05, 0) is 25.7 Å². The van der Waals surface area contributed by atoms with Crippen LogP contribution in [-0.4, -0.2) is 50.9 Å². The van der Waals surface area contributed by atoms with E-state index >= 15 is 0 Å². The number of methoxy groups -OCH3 is 1. The molecular formula is C15H22O7. The molecular weight excluding hydrogens is 292 g/mol. The lowest BCUT2D eigenvalue weighted by molar-refractivity contribution is -0.157. The second kappa shape index (κ2) is 10.8. The zero-order valence-electron chi connectivity index (χ0n) is 12.7. The highest BCUT2D eigenvalue weighted by molar-refractivity contribution is 5.92. The minimum atomic E-state index is -0.802. The highest BCUT2D eigenvalue weighted by Gasteiger charge is 2.16. The van der Waals surface area contributed by atoms with Crippen LogP contribution in [-0.2, 0) is 33.3 Å². The lowest BCUT2D eigenvalue weighted by Crippen LogP contribution is -2.20. The molecule has 0 aliphatic heterocycles. The van der Waals surface area contributed by atoms with Crippen molar-refractivity contribution in [3.05, 3.63) is 12.2 Å². The molecule has 0 aromatic carbocycles. The van der Waals surface area contributed by atoms with Crippen molar-refractivity contribution in [1.82, 2.24) is 0 Å². The summed E-state index contributed by atoms with van der Waals surface area (Å²) >= 11 is 0. The number of carbonyl (C=O) groups excluding carboxylic acids is 3. The normalized spacial score (nSPS) is 15.5. The van der Waals surface area contributed by atoms with Gasteiger partial charge < -0.3 is 18.9 Å². The van der Waals surface area contributed by atoms with Gasteiger partial charge in [0.2, 0.25) is 0 Å². The predicted molar refractivity (Wildman–Crippen MR) is 75.9 cm³/mol. The maximum atomic E-state index is 11.5. The summed E-state index contributed by atoms with van der Waals surface area (Å²) in [5.74, 6) is -2.06. The molecule has 1 saturated carbocycles. The lowest BCUT2D eigenvalue weighted by atomic mass is 9.98. The van der Waals surface area contributed by atoms with Crippen LogP contribution < -0.4 is 0 Å². The average Bonchev–Trinajstić information content (AvgIpc) is 2.52. The smallest absolute Gasteiger partial charge is 0.344 e. The van der Waals surface area contributed by atoms with Crippen molar-refractivity contribution in [2.45, 2.75) is 38.2 Å². The van der Waals surface area contributed by atoms with Crippen LogP contribution in [0, 0.1) is 0 Å². The molecule has 1 aliphatic rings. The number of ether oxygens (including phenoxy) is 4. The minimum Gasteiger partial charge on any atom is -0.461 e. The Bertz CT molecular complexity index is 397. The fourth-order valence-electron chi connectivity index (χ4n) is 1.98. The van der Waals surface area contributed by atoms with Gasteiger partial charge in [-0.3, -0.25) is 0 Å². The molecule has 0 radical (unpaired) electrons. The van der Waals surface area contributed by atoms with E-state index in [1.54, 1.807) is 0 Å². The first kappa shape index (κ1) is 18.2. The molecule has 0 unspecified atom stereocenters. The van der Waals surface area contributed by atoms with E-state index in [1.165, 1.54) is 7.11 Å². The zero-order valence-corrected chi connectivity index (χ0v) is 12.7. The van der Waals surface area contributed by atoms with Gasteiger partial charge in [-0.2, -0.15) is 0 Å². The second-order valence-corrected chi connectivity index (χ2v) is 4.85. The van der Waals surface area contributed by atoms with E-state index in [2.05, 4.69) is 4.74 Å². The number of hydrogen-bond acceptors (Lipinski definition) is 7. The molecule has 0 bridgehead atoms. The van der Waals surface area contributed by atoms with Gasteiger partial charge >= 0.3 is 17.9 Å². The van der Waals surface area contributed by atoms with Gasteiger partial charge in [0.1, 0.15) is 12.7 Å². The predicted octanol–water partition coefficient (Wildman–Crippen LogP) is 1.15. The summed E-state index contributed by atoms with van der Waals surface area (Å²) < 4.78 is 19.2. The van der Waals surface area contributed by atoms with Gasteiger partial charge in [0.15, 0.2) is 6.61 Å². The van der Waals surface area contributed by atoms with Crippen molar-refractivity contribution in [1.29, 1.82) is 0 Å². The summed E-state index contributed by atoms with van der Waals surface area (Å²) in [6.45, 7) is -0.145. The summed E-state index contributed by atoms with van der Waals surface area (Å²) in [5, 5.41) is 0. The molecule has 0 amide bonds. The molecule has 1 aliphatic carbocycles. The highest BCUT2D eigenvalue weighted by atomic mass is 16.6. The van der Waals surface area contributed by atoms with Crippen molar-refractivity contribution in [3.8, 4) is 0 Å². The Morgan fingerprint density at radius 3 is 2.32 bits per heavy atom. The molecule has 7 nitrogen and oxygen atoms in total. The van der Waals surface area contributed by atoms with Crippen LogP contribution in [0.25, 0.3) is 0 Å². The molecule has 7 heteroatoms. The fourth-order valence-corrected chi connectivity index (χ4v) is 1.98. The Labute approximate surface area is 129 Å². The van der Waals surface area contributed by atoms with Gasteiger partial charge in [0, 0.05) is 19.3 Å². The molecule has 0 N–H and O–H groups in total. The minimum absolute atomic E-state index is 0.0716.